The molecule has 0 aromatic carbocycles. The molecule has 0 atom stereocenters. The monoisotopic (exact) mass is 230 g/mol. The van der Waals surface area contributed by atoms with E-state index in [2.05, 4.69) is 16.4 Å². The SMILES string of the molecule is N#Cc1cc(N)cnc1NCc1cccs1. The minimum atomic E-state index is 0.469. The van der Waals surface area contributed by atoms with Crippen molar-refractivity contribution in [2.45, 2.75) is 6.54 Å². The number of thiophene rings is 1. The van der Waals surface area contributed by atoms with Gasteiger partial charge in [0.15, 0.2) is 0 Å². The largest absolute Gasteiger partial charge is 0.397 e. The summed E-state index contributed by atoms with van der Waals surface area (Å²) in [5, 5.41) is 14.0. The minimum Gasteiger partial charge on any atom is -0.397 e. The lowest BCUT2D eigenvalue weighted by molar-refractivity contribution is 1.13. The number of nitrogens with one attached hydrogen (secondary N) is 1. The van der Waals surface area contributed by atoms with E-state index in [1.807, 2.05) is 17.5 Å². The highest BCUT2D eigenvalue weighted by molar-refractivity contribution is 7.09. The minimum absolute atomic E-state index is 0.469. The number of pyridine rings is 1. The van der Waals surface area contributed by atoms with Crippen LogP contribution >= 0.6 is 11.3 Å². The molecule has 80 valence electrons. The quantitative estimate of drug-likeness (QED) is 0.847. The number of hydrogen-bond acceptors (Lipinski definition) is 5. The molecule has 0 saturated carbocycles. The molecule has 0 aliphatic heterocycles. The Kier molecular flexibility index (Phi) is 3.03. The molecule has 0 amide bonds. The fraction of sp³-hybridized carbons (Fsp3) is 0.0909. The molecule has 0 radical (unpaired) electrons. The Morgan fingerprint density at radius 2 is 2.44 bits per heavy atom. The van der Waals surface area contributed by atoms with Gasteiger partial charge < -0.3 is 11.1 Å². The van der Waals surface area contributed by atoms with Crippen LogP contribution in [-0.4, -0.2) is 4.98 Å². The van der Waals surface area contributed by atoms with Crippen LogP contribution in [0.25, 0.3) is 0 Å². The van der Waals surface area contributed by atoms with Crippen LogP contribution in [0.3, 0.4) is 0 Å². The van der Waals surface area contributed by atoms with E-state index in [-0.39, 0.29) is 0 Å². The van der Waals surface area contributed by atoms with Crippen LogP contribution in [-0.2, 0) is 6.54 Å². The number of nitrogen functional groups attached to an aromatic ring is 1. The van der Waals surface area contributed by atoms with Crippen LogP contribution in [0.15, 0.2) is 29.8 Å². The van der Waals surface area contributed by atoms with Gasteiger partial charge in [0.2, 0.25) is 0 Å². The molecule has 0 bridgehead atoms. The molecular formula is C11H10N4S. The number of nitrogens with zero attached hydrogens (tertiary/aromatic N) is 2. The van der Waals surface area contributed by atoms with Crippen molar-refractivity contribution in [2.75, 3.05) is 11.1 Å². The predicted molar refractivity (Wildman–Crippen MR) is 65.0 cm³/mol. The molecular weight excluding hydrogens is 220 g/mol. The lowest BCUT2D eigenvalue weighted by atomic mass is 10.2. The number of hydrogen-bond donors (Lipinski definition) is 2. The van der Waals surface area contributed by atoms with Crippen LogP contribution in [0.5, 0.6) is 0 Å². The van der Waals surface area contributed by atoms with E-state index < -0.39 is 0 Å². The summed E-state index contributed by atoms with van der Waals surface area (Å²) in [6.07, 6.45) is 1.54. The molecule has 5 heteroatoms. The summed E-state index contributed by atoms with van der Waals surface area (Å²) in [4.78, 5) is 5.29. The van der Waals surface area contributed by atoms with Crippen molar-refractivity contribution in [1.82, 2.24) is 4.98 Å². The molecule has 4 nitrogen and oxygen atoms in total. The molecule has 2 rings (SSSR count). The highest BCUT2D eigenvalue weighted by Gasteiger charge is 2.03. The first kappa shape index (κ1) is 10.5. The van der Waals surface area contributed by atoms with Crippen molar-refractivity contribution in [3.63, 3.8) is 0 Å². The lowest BCUT2D eigenvalue weighted by Gasteiger charge is -2.05. The number of rotatable bonds is 3. The van der Waals surface area contributed by atoms with E-state index in [4.69, 9.17) is 11.0 Å². The van der Waals surface area contributed by atoms with Gasteiger partial charge in [-0.15, -0.1) is 11.3 Å². The fourth-order valence-electron chi connectivity index (χ4n) is 1.29. The normalized spacial score (nSPS) is 9.69. The molecule has 0 spiro atoms. The van der Waals surface area contributed by atoms with Crippen molar-refractivity contribution < 1.29 is 0 Å². The molecule has 0 unspecified atom stereocenters. The Balaban J connectivity index is 2.13. The molecule has 0 saturated heterocycles. The van der Waals surface area contributed by atoms with Crippen molar-refractivity contribution >= 4 is 22.8 Å². The van der Waals surface area contributed by atoms with Crippen molar-refractivity contribution in [3.8, 4) is 6.07 Å². The second kappa shape index (κ2) is 4.64. The Morgan fingerprint density at radius 3 is 3.12 bits per heavy atom. The van der Waals surface area contributed by atoms with Crippen molar-refractivity contribution in [3.05, 3.63) is 40.2 Å². The second-order valence-corrected chi connectivity index (χ2v) is 4.24. The molecule has 16 heavy (non-hydrogen) atoms. The third-order valence-corrected chi connectivity index (χ3v) is 2.92. The van der Waals surface area contributed by atoms with Gasteiger partial charge in [-0.05, 0) is 17.5 Å². The first-order valence-electron chi connectivity index (χ1n) is 4.71. The molecule has 0 aliphatic rings. The Labute approximate surface area is 97.4 Å². The van der Waals surface area contributed by atoms with Gasteiger partial charge in [0.25, 0.3) is 0 Å². The number of anilines is 2. The Morgan fingerprint density at radius 1 is 1.56 bits per heavy atom. The van der Waals surface area contributed by atoms with E-state index >= 15 is 0 Å². The summed E-state index contributed by atoms with van der Waals surface area (Å²) in [5.41, 5.74) is 6.52. The van der Waals surface area contributed by atoms with Crippen molar-refractivity contribution in [2.24, 2.45) is 0 Å². The second-order valence-electron chi connectivity index (χ2n) is 3.21. The zero-order valence-corrected chi connectivity index (χ0v) is 9.29. The van der Waals surface area contributed by atoms with Crippen molar-refractivity contribution in [1.29, 1.82) is 5.26 Å². The molecule has 2 aromatic heterocycles. The molecule has 2 heterocycles. The summed E-state index contributed by atoms with van der Waals surface area (Å²) < 4.78 is 0. The van der Waals surface area contributed by atoms with E-state index in [1.54, 1.807) is 17.4 Å². The van der Waals surface area contributed by atoms with Gasteiger partial charge in [-0.2, -0.15) is 5.26 Å². The predicted octanol–water partition coefficient (Wildman–Crippen LogP) is 2.21. The standard InChI is InChI=1S/C11H10N4S/c12-5-8-4-9(13)6-14-11(8)15-7-10-2-1-3-16-10/h1-4,6H,7,13H2,(H,14,15). The third-order valence-electron chi connectivity index (χ3n) is 2.04. The highest BCUT2D eigenvalue weighted by Crippen LogP contribution is 2.16. The summed E-state index contributed by atoms with van der Waals surface area (Å²) in [6, 6.07) is 7.70. The molecule has 0 fully saturated rings. The van der Waals surface area contributed by atoms with Crippen LogP contribution < -0.4 is 11.1 Å². The number of nitriles is 1. The maximum absolute atomic E-state index is 8.92. The first-order valence-corrected chi connectivity index (χ1v) is 5.59. The van der Waals surface area contributed by atoms with Gasteiger partial charge in [0.05, 0.1) is 24.0 Å². The summed E-state index contributed by atoms with van der Waals surface area (Å²) in [7, 11) is 0. The van der Waals surface area contributed by atoms with E-state index in [0.717, 1.165) is 0 Å². The van der Waals surface area contributed by atoms with Crippen LogP contribution in [0.2, 0.25) is 0 Å². The average molecular weight is 230 g/mol. The van der Waals surface area contributed by atoms with Gasteiger partial charge in [-0.1, -0.05) is 6.07 Å². The maximum atomic E-state index is 8.92. The topological polar surface area (TPSA) is 74.7 Å². The zero-order valence-electron chi connectivity index (χ0n) is 8.47. The van der Waals surface area contributed by atoms with E-state index in [0.29, 0.717) is 23.6 Å². The lowest BCUT2D eigenvalue weighted by Crippen LogP contribution is -2.03. The van der Waals surface area contributed by atoms with Gasteiger partial charge in [-0.3, -0.25) is 0 Å². The summed E-state index contributed by atoms with van der Waals surface area (Å²) in [5.74, 6) is 0.574. The zero-order chi connectivity index (χ0) is 11.4. The van der Waals surface area contributed by atoms with Crippen LogP contribution in [0.1, 0.15) is 10.4 Å². The molecule has 3 N–H and O–H groups in total. The van der Waals surface area contributed by atoms with Crippen LogP contribution in [0.4, 0.5) is 11.5 Å². The Bertz CT molecular complexity index is 513. The number of aromatic nitrogens is 1. The van der Waals surface area contributed by atoms with Gasteiger partial charge in [-0.25, -0.2) is 4.98 Å². The smallest absolute Gasteiger partial charge is 0.144 e. The van der Waals surface area contributed by atoms with Gasteiger partial charge >= 0.3 is 0 Å². The molecule has 0 aliphatic carbocycles. The average Bonchev–Trinajstić information content (AvgIpc) is 2.80. The molecule has 2 aromatic rings. The third kappa shape index (κ3) is 2.30. The van der Waals surface area contributed by atoms with E-state index in [1.165, 1.54) is 11.1 Å². The summed E-state index contributed by atoms with van der Waals surface area (Å²) >= 11 is 1.66. The maximum Gasteiger partial charge on any atom is 0.144 e. The Hall–Kier alpha value is -2.06. The summed E-state index contributed by atoms with van der Waals surface area (Å²) in [6.45, 7) is 0.670. The first-order chi connectivity index (χ1) is 7.79. The van der Waals surface area contributed by atoms with Crippen LogP contribution in [0, 0.1) is 11.3 Å². The fourth-order valence-corrected chi connectivity index (χ4v) is 1.94. The van der Waals surface area contributed by atoms with Gasteiger partial charge in [0, 0.05) is 4.88 Å². The van der Waals surface area contributed by atoms with E-state index in [9.17, 15) is 0 Å². The number of nitrogens with two attached hydrogens (primary N) is 1. The van der Waals surface area contributed by atoms with Gasteiger partial charge in [0.1, 0.15) is 11.9 Å². The highest BCUT2D eigenvalue weighted by atomic mass is 32.1.